The van der Waals surface area contributed by atoms with Gasteiger partial charge in [-0.1, -0.05) is 0 Å². The fourth-order valence-corrected chi connectivity index (χ4v) is 2.26. The first-order valence-corrected chi connectivity index (χ1v) is 6.38. The highest BCUT2D eigenvalue weighted by atomic mass is 79.9. The molecule has 0 spiro atoms. The van der Waals surface area contributed by atoms with Gasteiger partial charge in [-0.3, -0.25) is 9.48 Å². The van der Waals surface area contributed by atoms with Gasteiger partial charge in [-0.25, -0.2) is 0 Å². The van der Waals surface area contributed by atoms with Crippen LogP contribution in [0.15, 0.2) is 10.7 Å². The third-order valence-corrected chi connectivity index (χ3v) is 3.13. The quantitative estimate of drug-likeness (QED) is 0.800. The molecule has 0 unspecified atom stereocenters. The third kappa shape index (κ3) is 2.75. The molecule has 0 aromatic carbocycles. The summed E-state index contributed by atoms with van der Waals surface area (Å²) in [5, 5.41) is 4.18. The van der Waals surface area contributed by atoms with Crippen LogP contribution in [0.4, 0.5) is 0 Å². The minimum atomic E-state index is -0.412. The highest BCUT2D eigenvalue weighted by Crippen LogP contribution is 2.22. The van der Waals surface area contributed by atoms with Gasteiger partial charge in [0.1, 0.15) is 5.69 Å². The Morgan fingerprint density at radius 1 is 1.59 bits per heavy atom. The molecular weight excluding hydrogens is 288 g/mol. The van der Waals surface area contributed by atoms with Crippen LogP contribution in [0, 0.1) is 0 Å². The van der Waals surface area contributed by atoms with Crippen molar-refractivity contribution >= 4 is 21.7 Å². The number of Topliss-reactive ketones (excluding diaryl/α,β-unsaturated/α-hetero) is 1. The summed E-state index contributed by atoms with van der Waals surface area (Å²) < 4.78 is 13.0. The van der Waals surface area contributed by atoms with Crippen molar-refractivity contribution in [3.63, 3.8) is 0 Å². The molecule has 1 aliphatic heterocycles. The molecule has 0 N–H and O–H groups in total. The second-order valence-electron chi connectivity index (χ2n) is 4.18. The molecule has 94 valence electrons. The average Bonchev–Trinajstić information content (AvgIpc) is 2.86. The number of rotatable bonds is 4. The summed E-state index contributed by atoms with van der Waals surface area (Å²) >= 11 is 3.35. The Kier molecular flexibility index (Phi) is 3.96. The van der Waals surface area contributed by atoms with Crippen molar-refractivity contribution in [2.75, 3.05) is 13.2 Å². The van der Waals surface area contributed by atoms with Gasteiger partial charge in [0.2, 0.25) is 0 Å². The van der Waals surface area contributed by atoms with Gasteiger partial charge >= 0.3 is 0 Å². The maximum absolute atomic E-state index is 12.2. The minimum Gasteiger partial charge on any atom is -0.350 e. The van der Waals surface area contributed by atoms with Crippen LogP contribution in [0.2, 0.25) is 0 Å². The molecule has 6 heteroatoms. The van der Waals surface area contributed by atoms with Crippen LogP contribution in [0.1, 0.15) is 36.8 Å². The lowest BCUT2D eigenvalue weighted by Gasteiger charge is -2.12. The number of aromatic nitrogens is 2. The molecule has 0 aliphatic carbocycles. The number of nitrogens with zero attached hydrogens (tertiary/aromatic N) is 2. The van der Waals surface area contributed by atoms with E-state index in [4.69, 9.17) is 9.47 Å². The van der Waals surface area contributed by atoms with E-state index >= 15 is 0 Å². The predicted octanol–water partition coefficient (Wildman–Crippen LogP) is 2.17. The normalized spacial score (nSPS) is 16.9. The first-order valence-electron chi connectivity index (χ1n) is 5.59. The smallest absolute Gasteiger partial charge is 0.187 e. The van der Waals surface area contributed by atoms with Crippen molar-refractivity contribution in [2.45, 2.75) is 32.6 Å². The molecule has 0 saturated carbocycles. The lowest BCUT2D eigenvalue weighted by molar-refractivity contribution is -0.0409. The Hall–Kier alpha value is -0.720. The van der Waals surface area contributed by atoms with Gasteiger partial charge in [0.05, 0.1) is 30.3 Å². The van der Waals surface area contributed by atoms with Gasteiger partial charge in [0.25, 0.3) is 0 Å². The van der Waals surface area contributed by atoms with E-state index in [1.165, 1.54) is 0 Å². The molecule has 1 fully saturated rings. The second-order valence-corrected chi connectivity index (χ2v) is 5.03. The number of carbonyl (C=O) groups is 1. The summed E-state index contributed by atoms with van der Waals surface area (Å²) in [6.45, 7) is 5.09. The Bertz CT molecular complexity index is 411. The van der Waals surface area contributed by atoms with Crippen LogP contribution in [0.3, 0.4) is 0 Å². The van der Waals surface area contributed by atoms with Crippen molar-refractivity contribution in [1.82, 2.24) is 9.78 Å². The molecule has 2 rings (SSSR count). The third-order valence-electron chi connectivity index (χ3n) is 2.55. The Balaban J connectivity index is 2.14. The maximum atomic E-state index is 12.2. The van der Waals surface area contributed by atoms with Crippen molar-refractivity contribution < 1.29 is 14.3 Å². The van der Waals surface area contributed by atoms with Crippen LogP contribution < -0.4 is 0 Å². The topological polar surface area (TPSA) is 53.4 Å². The highest BCUT2D eigenvalue weighted by Gasteiger charge is 2.25. The summed E-state index contributed by atoms with van der Waals surface area (Å²) in [6, 6.07) is 0.144. The number of hydrogen-bond donors (Lipinski definition) is 0. The molecule has 1 aliphatic rings. The van der Waals surface area contributed by atoms with Gasteiger partial charge in [-0.15, -0.1) is 0 Å². The van der Waals surface area contributed by atoms with E-state index in [-0.39, 0.29) is 18.2 Å². The molecular formula is C11H15BrN2O3. The summed E-state index contributed by atoms with van der Waals surface area (Å²) in [5.74, 6) is -0.0185. The van der Waals surface area contributed by atoms with E-state index in [1.54, 1.807) is 10.9 Å². The molecule has 5 nitrogen and oxygen atoms in total. The second kappa shape index (κ2) is 5.29. The van der Waals surface area contributed by atoms with Gasteiger partial charge in [-0.2, -0.15) is 5.10 Å². The van der Waals surface area contributed by atoms with E-state index in [9.17, 15) is 4.79 Å². The highest BCUT2D eigenvalue weighted by molar-refractivity contribution is 9.10. The predicted molar refractivity (Wildman–Crippen MR) is 65.0 cm³/mol. The fourth-order valence-electron chi connectivity index (χ4n) is 1.77. The van der Waals surface area contributed by atoms with Crippen LogP contribution >= 0.6 is 15.9 Å². The van der Waals surface area contributed by atoms with Crippen LogP contribution in [-0.2, 0) is 9.47 Å². The Labute approximate surface area is 108 Å². The molecule has 1 saturated heterocycles. The zero-order valence-corrected chi connectivity index (χ0v) is 11.4. The number of carbonyl (C=O) groups excluding carboxylic acids is 1. The largest absolute Gasteiger partial charge is 0.350 e. The lowest BCUT2D eigenvalue weighted by Crippen LogP contribution is -2.19. The first-order chi connectivity index (χ1) is 8.09. The monoisotopic (exact) mass is 302 g/mol. The molecule has 1 aromatic rings. The van der Waals surface area contributed by atoms with E-state index < -0.39 is 6.29 Å². The van der Waals surface area contributed by atoms with Crippen LogP contribution in [-0.4, -0.2) is 35.1 Å². The van der Waals surface area contributed by atoms with Crippen molar-refractivity contribution in [2.24, 2.45) is 0 Å². The summed E-state index contributed by atoms with van der Waals surface area (Å²) in [7, 11) is 0. The number of ether oxygens (including phenoxy) is 2. The van der Waals surface area contributed by atoms with Crippen LogP contribution in [0.25, 0.3) is 0 Å². The van der Waals surface area contributed by atoms with E-state index in [2.05, 4.69) is 21.0 Å². The van der Waals surface area contributed by atoms with Crippen molar-refractivity contribution in [3.8, 4) is 0 Å². The fraction of sp³-hybridized carbons (Fsp3) is 0.636. The van der Waals surface area contributed by atoms with Crippen molar-refractivity contribution in [1.29, 1.82) is 0 Å². The zero-order valence-electron chi connectivity index (χ0n) is 9.85. The van der Waals surface area contributed by atoms with E-state index in [0.717, 1.165) is 0 Å². The lowest BCUT2D eigenvalue weighted by atomic mass is 10.2. The molecule has 2 heterocycles. The number of halogens is 1. The van der Waals surface area contributed by atoms with Gasteiger partial charge < -0.3 is 9.47 Å². The van der Waals surface area contributed by atoms with Crippen LogP contribution in [0.5, 0.6) is 0 Å². The molecule has 0 amide bonds. The SMILES string of the molecule is CC(C)n1ncc(Br)c1C(=O)CC1OCCO1. The molecule has 17 heavy (non-hydrogen) atoms. The standard InChI is InChI=1S/C11H15BrN2O3/c1-7(2)14-11(8(12)6-13-14)9(15)5-10-16-3-4-17-10/h6-7,10H,3-5H2,1-2H3. The average molecular weight is 303 g/mol. The van der Waals surface area contributed by atoms with Gasteiger partial charge in [0, 0.05) is 6.04 Å². The summed E-state index contributed by atoms with van der Waals surface area (Å²) in [4.78, 5) is 12.2. The number of hydrogen-bond acceptors (Lipinski definition) is 4. The van der Waals surface area contributed by atoms with Crippen molar-refractivity contribution in [3.05, 3.63) is 16.4 Å². The summed E-state index contributed by atoms with van der Waals surface area (Å²) in [6.07, 6.45) is 1.46. The minimum absolute atomic E-state index is 0.0185. The maximum Gasteiger partial charge on any atom is 0.187 e. The van der Waals surface area contributed by atoms with E-state index in [1.807, 2.05) is 13.8 Å². The zero-order chi connectivity index (χ0) is 12.4. The molecule has 0 atom stereocenters. The molecule has 0 radical (unpaired) electrons. The van der Waals surface area contributed by atoms with Gasteiger partial charge in [-0.05, 0) is 29.8 Å². The Morgan fingerprint density at radius 2 is 2.24 bits per heavy atom. The Morgan fingerprint density at radius 3 is 2.82 bits per heavy atom. The molecule has 0 bridgehead atoms. The number of ketones is 1. The molecule has 1 aromatic heterocycles. The summed E-state index contributed by atoms with van der Waals surface area (Å²) in [5.41, 5.74) is 0.583. The first kappa shape index (κ1) is 12.7. The van der Waals surface area contributed by atoms with Gasteiger partial charge in [0.15, 0.2) is 12.1 Å². The van der Waals surface area contributed by atoms with E-state index in [0.29, 0.717) is 23.4 Å².